The summed E-state index contributed by atoms with van der Waals surface area (Å²) in [6.07, 6.45) is 3.25. The Kier molecular flexibility index (Phi) is 1.99. The highest BCUT2D eigenvalue weighted by molar-refractivity contribution is 5.50. The van der Waals surface area contributed by atoms with Crippen LogP contribution >= 0.6 is 0 Å². The van der Waals surface area contributed by atoms with Crippen molar-refractivity contribution in [1.29, 1.82) is 0 Å². The second kappa shape index (κ2) is 3.47. The zero-order valence-electron chi connectivity index (χ0n) is 8.30. The predicted octanol–water partition coefficient (Wildman–Crippen LogP) is -0.466. The maximum Gasteiger partial charge on any atom is 0.160 e. The lowest BCUT2D eigenvalue weighted by Crippen LogP contribution is -2.43. The van der Waals surface area contributed by atoms with Crippen molar-refractivity contribution in [3.63, 3.8) is 0 Å². The molecule has 0 aliphatic carbocycles. The highest BCUT2D eigenvalue weighted by Gasteiger charge is 2.12. The third-order valence-electron chi connectivity index (χ3n) is 2.60. The van der Waals surface area contributed by atoms with E-state index in [0.717, 1.165) is 37.6 Å². The second-order valence-corrected chi connectivity index (χ2v) is 3.55. The molecule has 0 aromatic carbocycles. The molecule has 0 atom stereocenters. The Morgan fingerprint density at radius 3 is 2.93 bits per heavy atom. The molecule has 0 unspecified atom stereocenters. The van der Waals surface area contributed by atoms with Crippen molar-refractivity contribution in [2.45, 2.75) is 0 Å². The summed E-state index contributed by atoms with van der Waals surface area (Å²) >= 11 is 0. The van der Waals surface area contributed by atoms with Crippen LogP contribution in [0.2, 0.25) is 0 Å². The van der Waals surface area contributed by atoms with Crippen LogP contribution in [0, 0.1) is 0 Å². The summed E-state index contributed by atoms with van der Waals surface area (Å²) in [6.45, 7) is 4.02. The average molecular weight is 204 g/mol. The number of piperazine rings is 1. The number of anilines is 1. The first-order valence-electron chi connectivity index (χ1n) is 5.04. The van der Waals surface area contributed by atoms with Gasteiger partial charge in [-0.25, -0.2) is 14.5 Å². The van der Waals surface area contributed by atoms with Gasteiger partial charge in [0.25, 0.3) is 0 Å². The number of hydrogen-bond donors (Lipinski definition) is 1. The number of fused-ring (bicyclic) bond motifs is 1. The normalized spacial score (nSPS) is 17.2. The monoisotopic (exact) mass is 204 g/mol. The largest absolute Gasteiger partial charge is 0.354 e. The molecule has 0 amide bonds. The first-order valence-corrected chi connectivity index (χ1v) is 5.04. The maximum absolute atomic E-state index is 4.36. The van der Waals surface area contributed by atoms with Gasteiger partial charge in [0, 0.05) is 32.2 Å². The number of nitrogens with zero attached hydrogens (tertiary/aromatic N) is 5. The van der Waals surface area contributed by atoms with E-state index < -0.39 is 0 Å². The first kappa shape index (κ1) is 8.60. The van der Waals surface area contributed by atoms with E-state index in [9.17, 15) is 0 Å². The summed E-state index contributed by atoms with van der Waals surface area (Å²) in [7, 11) is 0. The molecule has 1 aliphatic rings. The summed E-state index contributed by atoms with van der Waals surface area (Å²) in [6, 6.07) is 1.97. The molecule has 3 heterocycles. The quantitative estimate of drug-likeness (QED) is 0.680. The van der Waals surface area contributed by atoms with Gasteiger partial charge in [-0.2, -0.15) is 5.10 Å². The van der Waals surface area contributed by atoms with Gasteiger partial charge in [0.1, 0.15) is 18.5 Å². The molecule has 78 valence electrons. The minimum absolute atomic E-state index is 0.846. The van der Waals surface area contributed by atoms with E-state index in [2.05, 4.69) is 25.3 Å². The summed E-state index contributed by atoms with van der Waals surface area (Å²) in [5.41, 5.74) is 0.846. The van der Waals surface area contributed by atoms with Crippen LogP contribution in [0.15, 0.2) is 18.7 Å². The van der Waals surface area contributed by atoms with E-state index in [1.165, 1.54) is 0 Å². The molecule has 15 heavy (non-hydrogen) atoms. The minimum Gasteiger partial charge on any atom is -0.354 e. The predicted molar refractivity (Wildman–Crippen MR) is 55.9 cm³/mol. The Bertz CT molecular complexity index is 458. The molecule has 0 saturated carbocycles. The molecule has 6 heteroatoms. The van der Waals surface area contributed by atoms with Gasteiger partial charge < -0.3 is 10.2 Å². The lowest BCUT2D eigenvalue weighted by molar-refractivity contribution is 0.584. The van der Waals surface area contributed by atoms with Gasteiger partial charge in [-0.3, -0.25) is 0 Å². The van der Waals surface area contributed by atoms with Crippen LogP contribution < -0.4 is 10.2 Å². The highest BCUT2D eigenvalue weighted by atomic mass is 15.3. The lowest BCUT2D eigenvalue weighted by Gasteiger charge is -2.28. The van der Waals surface area contributed by atoms with Crippen molar-refractivity contribution >= 4 is 11.5 Å². The van der Waals surface area contributed by atoms with Gasteiger partial charge in [-0.1, -0.05) is 0 Å². The van der Waals surface area contributed by atoms with Crippen molar-refractivity contribution < 1.29 is 0 Å². The van der Waals surface area contributed by atoms with Crippen LogP contribution in [0.4, 0.5) is 5.82 Å². The molecule has 1 saturated heterocycles. The summed E-state index contributed by atoms with van der Waals surface area (Å²) in [5, 5.41) is 7.33. The van der Waals surface area contributed by atoms with Gasteiger partial charge in [-0.05, 0) is 0 Å². The van der Waals surface area contributed by atoms with Crippen molar-refractivity contribution in [3.05, 3.63) is 18.7 Å². The van der Waals surface area contributed by atoms with Gasteiger partial charge in [0.05, 0.1) is 0 Å². The van der Waals surface area contributed by atoms with Crippen LogP contribution in [-0.2, 0) is 0 Å². The summed E-state index contributed by atoms with van der Waals surface area (Å²) in [4.78, 5) is 10.8. The van der Waals surface area contributed by atoms with E-state index in [4.69, 9.17) is 0 Å². The van der Waals surface area contributed by atoms with Crippen molar-refractivity contribution in [1.82, 2.24) is 24.9 Å². The molecule has 1 aliphatic heterocycles. The third-order valence-corrected chi connectivity index (χ3v) is 2.60. The first-order chi connectivity index (χ1) is 7.43. The average Bonchev–Trinajstić information content (AvgIpc) is 2.77. The maximum atomic E-state index is 4.36. The van der Waals surface area contributed by atoms with Crippen molar-refractivity contribution in [2.24, 2.45) is 0 Å². The van der Waals surface area contributed by atoms with E-state index in [0.29, 0.717) is 0 Å². The van der Waals surface area contributed by atoms with Gasteiger partial charge >= 0.3 is 0 Å². The van der Waals surface area contributed by atoms with Crippen molar-refractivity contribution in [3.8, 4) is 0 Å². The minimum atomic E-state index is 0.846. The van der Waals surface area contributed by atoms with Crippen LogP contribution in [0.3, 0.4) is 0 Å². The topological polar surface area (TPSA) is 58.4 Å². The fourth-order valence-electron chi connectivity index (χ4n) is 1.78. The second-order valence-electron chi connectivity index (χ2n) is 3.55. The molecule has 6 nitrogen and oxygen atoms in total. The van der Waals surface area contributed by atoms with E-state index in [-0.39, 0.29) is 0 Å². The number of nitrogens with one attached hydrogen (secondary N) is 1. The Morgan fingerprint density at radius 1 is 1.20 bits per heavy atom. The van der Waals surface area contributed by atoms with Crippen molar-refractivity contribution in [2.75, 3.05) is 31.1 Å². The zero-order valence-corrected chi connectivity index (χ0v) is 8.30. The highest BCUT2D eigenvalue weighted by Crippen LogP contribution is 2.12. The lowest BCUT2D eigenvalue weighted by atomic mass is 10.3. The van der Waals surface area contributed by atoms with Crippen LogP contribution in [0.1, 0.15) is 0 Å². The van der Waals surface area contributed by atoms with E-state index in [1.807, 2.05) is 6.07 Å². The molecular formula is C9H12N6. The van der Waals surface area contributed by atoms with Crippen LogP contribution in [-0.4, -0.2) is 45.8 Å². The molecule has 2 aromatic heterocycles. The molecule has 3 rings (SSSR count). The molecular weight excluding hydrogens is 192 g/mol. The molecule has 2 aromatic rings. The Balaban J connectivity index is 1.95. The molecule has 1 N–H and O–H groups in total. The Morgan fingerprint density at radius 2 is 2.07 bits per heavy atom. The fourth-order valence-corrected chi connectivity index (χ4v) is 1.78. The smallest absolute Gasteiger partial charge is 0.160 e. The Labute approximate surface area is 86.9 Å². The SMILES string of the molecule is c1nc2cc(N3CCNCC3)ncn2n1. The molecule has 1 fully saturated rings. The van der Waals surface area contributed by atoms with Gasteiger partial charge in [0.2, 0.25) is 0 Å². The summed E-state index contributed by atoms with van der Waals surface area (Å²) < 4.78 is 1.67. The third kappa shape index (κ3) is 1.52. The van der Waals surface area contributed by atoms with Crippen LogP contribution in [0.25, 0.3) is 5.65 Å². The molecule has 0 radical (unpaired) electrons. The van der Waals surface area contributed by atoms with Gasteiger partial charge in [0.15, 0.2) is 5.65 Å². The van der Waals surface area contributed by atoms with Crippen LogP contribution in [0.5, 0.6) is 0 Å². The van der Waals surface area contributed by atoms with E-state index in [1.54, 1.807) is 17.2 Å². The number of rotatable bonds is 1. The standard InChI is InChI=1S/C9H12N6/c1-3-14(4-2-10-1)8-5-9-11-6-13-15(9)7-12-8/h5-7,10H,1-4H2. The molecule has 0 bridgehead atoms. The summed E-state index contributed by atoms with van der Waals surface area (Å²) in [5.74, 6) is 0.983. The van der Waals surface area contributed by atoms with E-state index >= 15 is 0 Å². The number of aromatic nitrogens is 4. The number of hydrogen-bond acceptors (Lipinski definition) is 5. The Hall–Kier alpha value is -1.69. The van der Waals surface area contributed by atoms with Gasteiger partial charge in [-0.15, -0.1) is 0 Å². The zero-order chi connectivity index (χ0) is 10.1. The fraction of sp³-hybridized carbons (Fsp3) is 0.444. The molecule has 0 spiro atoms.